The maximum atomic E-state index is 14.9. The van der Waals surface area contributed by atoms with Crippen LogP contribution in [0.5, 0.6) is 0 Å². The molecule has 9 unspecified atom stereocenters. The Morgan fingerprint density at radius 3 is 1.96 bits per heavy atom. The third-order valence-electron chi connectivity index (χ3n) is 14.9. The number of likely N-dealkylation sites (N-methyl/N-ethyl adjacent to an activating group) is 2. The van der Waals surface area contributed by atoms with Crippen LogP contribution in [-0.4, -0.2) is 130 Å². The highest BCUT2D eigenvalue weighted by Gasteiger charge is 2.44. The molecule has 20 heteroatoms. The molecule has 82 heavy (non-hydrogen) atoms. The van der Waals surface area contributed by atoms with Crippen LogP contribution in [0.1, 0.15) is 175 Å². The van der Waals surface area contributed by atoms with Gasteiger partial charge in [0, 0.05) is 55.5 Å². The zero-order valence-corrected chi connectivity index (χ0v) is 52.5. The largest absolute Gasteiger partial charge is 0.460 e. The van der Waals surface area contributed by atoms with Crippen molar-refractivity contribution < 1.29 is 57.0 Å². The highest BCUT2D eigenvalue weighted by molar-refractivity contribution is 7.09. The van der Waals surface area contributed by atoms with E-state index in [9.17, 15) is 38.4 Å². The van der Waals surface area contributed by atoms with Crippen LogP contribution in [0, 0.1) is 23.7 Å². The minimum atomic E-state index is -0.926. The van der Waals surface area contributed by atoms with E-state index in [1.54, 1.807) is 77.9 Å². The third kappa shape index (κ3) is 21.1. The quantitative estimate of drug-likeness (QED) is 0.0287. The Morgan fingerprint density at radius 1 is 0.756 bits per heavy atom. The van der Waals surface area contributed by atoms with Gasteiger partial charge >= 0.3 is 18.0 Å². The van der Waals surface area contributed by atoms with Crippen LogP contribution in [0.15, 0.2) is 60.0 Å². The molecule has 1 aliphatic rings. The number of hydrogen-bond acceptors (Lipinski definition) is 13. The number of thiazole rings is 1. The lowest BCUT2D eigenvalue weighted by molar-refractivity contribution is -0.942. The standard InChI is InChI=1S/C62H94N8O11S/c1-18-39(6)52(67-55(74)49-26-22-23-31-70(49,17)35-44-27-29-45(30-28-44)64-53(72)41(8)63-56(75)51(38(4)5)68-60(78)81-62(13,14)15)58(76)69(16)48(37(2)3)34-50(79-42(9)71)57-66-47(36-82-57)54(73)65-46(33-43-24-20-19-21-25-43)32-40(7)59(77)80-61(10,11)12/h19-21,24-25,27-30,36-41,46,48-52H,18,22-23,26,31-35H2,1-17H3,(H4-,63,64,65,67,68,72,73,74,75,78)/p+1/t39?,40?,41?,46?,48?,49-,50?,51?,52?,70?/m1/s1. The van der Waals surface area contributed by atoms with Gasteiger partial charge in [-0.25, -0.2) is 9.78 Å². The third-order valence-corrected chi connectivity index (χ3v) is 15.8. The molecule has 19 nitrogen and oxygen atoms in total. The van der Waals surface area contributed by atoms with Crippen molar-refractivity contribution in [1.29, 1.82) is 0 Å². The number of alkyl carbamates (subject to hydrolysis) is 1. The Hall–Kier alpha value is -6.41. The minimum absolute atomic E-state index is 0.127. The van der Waals surface area contributed by atoms with E-state index in [4.69, 9.17) is 19.2 Å². The van der Waals surface area contributed by atoms with Gasteiger partial charge in [-0.2, -0.15) is 0 Å². The molecule has 2 heterocycles. The molecule has 0 bridgehead atoms. The summed E-state index contributed by atoms with van der Waals surface area (Å²) in [5.74, 6) is -3.97. The molecule has 2 aromatic carbocycles. The van der Waals surface area contributed by atoms with Crippen molar-refractivity contribution in [3.63, 3.8) is 0 Å². The number of nitrogens with one attached hydrogen (secondary N) is 5. The van der Waals surface area contributed by atoms with Crippen molar-refractivity contribution in [3.05, 3.63) is 81.8 Å². The SMILES string of the molecule is CCC(C)C(NC(=O)[C@H]1CCCC[N+]1(C)Cc1ccc(NC(=O)C(C)NC(=O)C(NC(=O)OC(C)(C)C)C(C)C)cc1)C(=O)N(C)C(CC(OC(C)=O)c1nc(C(=O)NC(Cc2ccccc2)CC(C)C(=O)OC(C)(C)C)cs1)C(C)C. The second-order valence-corrected chi connectivity index (χ2v) is 26.1. The summed E-state index contributed by atoms with van der Waals surface area (Å²) in [6, 6.07) is 12.9. The van der Waals surface area contributed by atoms with Gasteiger partial charge in [-0.1, -0.05) is 97.4 Å². The van der Waals surface area contributed by atoms with E-state index in [1.165, 1.54) is 18.3 Å². The molecule has 0 saturated carbocycles. The highest BCUT2D eigenvalue weighted by atomic mass is 32.1. The molecule has 1 aromatic heterocycles. The second kappa shape index (κ2) is 30.2. The number of aromatic nitrogens is 1. The lowest BCUT2D eigenvalue weighted by Gasteiger charge is -2.44. The van der Waals surface area contributed by atoms with E-state index in [1.807, 2.05) is 90.9 Å². The summed E-state index contributed by atoms with van der Waals surface area (Å²) in [6.45, 7) is 28.0. The lowest BCUT2D eigenvalue weighted by Crippen LogP contribution is -2.63. The van der Waals surface area contributed by atoms with Gasteiger partial charge in [-0.05, 0) is 110 Å². The molecule has 1 fully saturated rings. The van der Waals surface area contributed by atoms with E-state index in [2.05, 4.69) is 33.6 Å². The summed E-state index contributed by atoms with van der Waals surface area (Å²) in [7, 11) is 3.77. The van der Waals surface area contributed by atoms with Crippen LogP contribution < -0.4 is 26.6 Å². The Morgan fingerprint density at radius 2 is 1.39 bits per heavy atom. The molecule has 6 amide bonds. The predicted octanol–water partition coefficient (Wildman–Crippen LogP) is 9.05. The van der Waals surface area contributed by atoms with Crippen LogP contribution >= 0.6 is 11.3 Å². The van der Waals surface area contributed by atoms with Gasteiger partial charge in [0.1, 0.15) is 46.6 Å². The zero-order chi connectivity index (χ0) is 61.4. The molecule has 10 atom stereocenters. The first-order chi connectivity index (χ1) is 38.2. The first kappa shape index (κ1) is 68.1. The van der Waals surface area contributed by atoms with Gasteiger partial charge in [-0.15, -0.1) is 11.3 Å². The van der Waals surface area contributed by atoms with Crippen molar-refractivity contribution in [3.8, 4) is 0 Å². The number of anilines is 1. The number of quaternary nitrogens is 1. The van der Waals surface area contributed by atoms with Gasteiger partial charge in [0.15, 0.2) is 12.1 Å². The van der Waals surface area contributed by atoms with Gasteiger partial charge in [0.2, 0.25) is 17.7 Å². The first-order valence-corrected chi connectivity index (χ1v) is 29.9. The van der Waals surface area contributed by atoms with E-state index in [0.29, 0.717) is 47.4 Å². The van der Waals surface area contributed by atoms with Gasteiger partial charge in [-0.3, -0.25) is 33.6 Å². The van der Waals surface area contributed by atoms with Crippen LogP contribution in [0.3, 0.4) is 0 Å². The number of carbonyl (C=O) groups is 8. The molecule has 3 aromatic rings. The highest BCUT2D eigenvalue weighted by Crippen LogP contribution is 2.33. The Kier molecular flexibility index (Phi) is 25.1. The number of carbonyl (C=O) groups excluding carboxylic acids is 8. The Labute approximate surface area is 491 Å². The number of esters is 2. The molecular weight excluding hydrogens is 1060 g/mol. The van der Waals surface area contributed by atoms with Crippen LogP contribution in [-0.2, 0) is 55.9 Å². The van der Waals surface area contributed by atoms with Crippen molar-refractivity contribution in [1.82, 2.24) is 31.2 Å². The van der Waals surface area contributed by atoms with Gasteiger partial charge in [0.05, 0.1) is 19.5 Å². The molecular formula is C62H95N8O11S+. The first-order valence-electron chi connectivity index (χ1n) is 29.0. The fourth-order valence-corrected chi connectivity index (χ4v) is 11.0. The summed E-state index contributed by atoms with van der Waals surface area (Å²) in [6.07, 6.45) is 2.30. The predicted molar refractivity (Wildman–Crippen MR) is 318 cm³/mol. The molecule has 1 aliphatic heterocycles. The Bertz CT molecular complexity index is 2630. The Balaban J connectivity index is 1.46. The number of likely N-dealkylation sites (tertiary alicyclic amines) is 1. The smallest absolute Gasteiger partial charge is 0.408 e. The summed E-state index contributed by atoms with van der Waals surface area (Å²) in [5, 5.41) is 16.5. The van der Waals surface area contributed by atoms with Gasteiger partial charge in [0.25, 0.3) is 11.8 Å². The summed E-state index contributed by atoms with van der Waals surface area (Å²) in [4.78, 5) is 115. The molecule has 0 radical (unpaired) electrons. The number of amides is 6. The van der Waals surface area contributed by atoms with Gasteiger partial charge < -0.3 is 50.2 Å². The fourth-order valence-electron chi connectivity index (χ4n) is 10.2. The number of nitrogens with zero attached hydrogens (tertiary/aromatic N) is 3. The van der Waals surface area contributed by atoms with Crippen molar-refractivity contribution >= 4 is 64.6 Å². The number of hydrogen-bond donors (Lipinski definition) is 5. The minimum Gasteiger partial charge on any atom is -0.460 e. The monoisotopic (exact) mass is 1160 g/mol. The van der Waals surface area contributed by atoms with Crippen molar-refractivity contribution in [2.75, 3.05) is 26.0 Å². The summed E-state index contributed by atoms with van der Waals surface area (Å²) >= 11 is 1.18. The van der Waals surface area contributed by atoms with Crippen LogP contribution in [0.2, 0.25) is 0 Å². The summed E-state index contributed by atoms with van der Waals surface area (Å²) in [5.41, 5.74) is 1.15. The topological polar surface area (TPSA) is 241 Å². The normalized spacial score (nSPS) is 18.5. The second-order valence-electron chi connectivity index (χ2n) is 25.2. The maximum Gasteiger partial charge on any atom is 0.408 e. The van der Waals surface area contributed by atoms with E-state index >= 15 is 0 Å². The number of benzene rings is 2. The number of ether oxygens (including phenoxy) is 3. The van der Waals surface area contributed by atoms with E-state index in [-0.39, 0.29) is 47.7 Å². The van der Waals surface area contributed by atoms with E-state index in [0.717, 1.165) is 30.5 Å². The molecule has 1 saturated heterocycles. The fraction of sp³-hybridized carbons (Fsp3) is 0.629. The molecule has 5 N–H and O–H groups in total. The van der Waals surface area contributed by atoms with Crippen LogP contribution in [0.25, 0.3) is 0 Å². The molecule has 4 rings (SSSR count). The average molecular weight is 1160 g/mol. The number of rotatable bonds is 26. The molecule has 0 aliphatic carbocycles. The molecule has 454 valence electrons. The average Bonchev–Trinajstić information content (AvgIpc) is 3.99. The van der Waals surface area contributed by atoms with E-state index < -0.39 is 89.3 Å². The van der Waals surface area contributed by atoms with Crippen molar-refractivity contribution in [2.45, 2.75) is 209 Å². The van der Waals surface area contributed by atoms with Crippen LogP contribution in [0.4, 0.5) is 10.5 Å². The zero-order valence-electron chi connectivity index (χ0n) is 51.7. The summed E-state index contributed by atoms with van der Waals surface area (Å²) < 4.78 is 17.3. The molecule has 0 spiro atoms. The lowest BCUT2D eigenvalue weighted by atomic mass is 9.92. The number of piperidine rings is 1. The maximum absolute atomic E-state index is 14.9. The van der Waals surface area contributed by atoms with Crippen molar-refractivity contribution in [2.24, 2.45) is 23.7 Å².